The summed E-state index contributed by atoms with van der Waals surface area (Å²) in [7, 11) is 1.83. The molecule has 0 heterocycles. The predicted molar refractivity (Wildman–Crippen MR) is 63.7 cm³/mol. The molecule has 15 heavy (non-hydrogen) atoms. The summed E-state index contributed by atoms with van der Waals surface area (Å²) < 4.78 is 0.894. The van der Waals surface area contributed by atoms with Crippen molar-refractivity contribution in [2.45, 2.75) is 18.9 Å². The molecule has 0 unspecified atom stereocenters. The van der Waals surface area contributed by atoms with E-state index in [1.807, 2.05) is 13.1 Å². The number of nitrogens with zero attached hydrogens (tertiary/aromatic N) is 1. The summed E-state index contributed by atoms with van der Waals surface area (Å²) in [6, 6.07) is 5.78. The van der Waals surface area contributed by atoms with Gasteiger partial charge in [0.1, 0.15) is 0 Å². The lowest BCUT2D eigenvalue weighted by Crippen LogP contribution is -2.29. The molecule has 1 saturated carbocycles. The number of carbonyl (C=O) groups excluding carboxylic acids is 1. The van der Waals surface area contributed by atoms with Gasteiger partial charge in [-0.15, -0.1) is 0 Å². The number of benzene rings is 1. The van der Waals surface area contributed by atoms with Crippen molar-refractivity contribution in [3.63, 3.8) is 0 Å². The van der Waals surface area contributed by atoms with Crippen molar-refractivity contribution >= 4 is 27.5 Å². The Bertz CT molecular complexity index is 402. The summed E-state index contributed by atoms with van der Waals surface area (Å²) in [4.78, 5) is 13.8. The summed E-state index contributed by atoms with van der Waals surface area (Å²) in [5, 5.41) is 0. The second-order valence-corrected chi connectivity index (χ2v) is 4.79. The van der Waals surface area contributed by atoms with E-state index >= 15 is 0 Å². The molecule has 1 aromatic rings. The summed E-state index contributed by atoms with van der Waals surface area (Å²) in [6.07, 6.45) is 2.22. The SMILES string of the molecule is CN(C(=O)c1ccc(Br)cc1N)C1CC1. The number of hydrogen-bond donors (Lipinski definition) is 1. The molecule has 1 amide bonds. The van der Waals surface area contributed by atoms with Crippen LogP contribution in [-0.2, 0) is 0 Å². The van der Waals surface area contributed by atoms with Crippen LogP contribution >= 0.6 is 15.9 Å². The fourth-order valence-electron chi connectivity index (χ4n) is 1.55. The molecular weight excluding hydrogens is 256 g/mol. The first-order valence-electron chi connectivity index (χ1n) is 4.92. The zero-order valence-electron chi connectivity index (χ0n) is 8.53. The highest BCUT2D eigenvalue weighted by atomic mass is 79.9. The van der Waals surface area contributed by atoms with E-state index in [2.05, 4.69) is 15.9 Å². The molecule has 1 aliphatic carbocycles. The molecule has 0 aliphatic heterocycles. The highest BCUT2D eigenvalue weighted by Crippen LogP contribution is 2.28. The fourth-order valence-corrected chi connectivity index (χ4v) is 1.92. The average molecular weight is 269 g/mol. The lowest BCUT2D eigenvalue weighted by Gasteiger charge is -2.17. The quantitative estimate of drug-likeness (QED) is 0.837. The van der Waals surface area contributed by atoms with Crippen molar-refractivity contribution < 1.29 is 4.79 Å². The summed E-state index contributed by atoms with van der Waals surface area (Å²) in [5.74, 6) is 0.0162. The van der Waals surface area contributed by atoms with Crippen molar-refractivity contribution in [1.29, 1.82) is 0 Å². The Morgan fingerprint density at radius 2 is 2.20 bits per heavy atom. The van der Waals surface area contributed by atoms with Crippen LogP contribution in [0.25, 0.3) is 0 Å². The molecule has 0 aromatic heterocycles. The first-order chi connectivity index (χ1) is 7.09. The number of hydrogen-bond acceptors (Lipinski definition) is 2. The second kappa shape index (κ2) is 3.85. The Labute approximate surface area is 97.4 Å². The first-order valence-corrected chi connectivity index (χ1v) is 5.71. The summed E-state index contributed by atoms with van der Waals surface area (Å²) in [6.45, 7) is 0. The van der Waals surface area contributed by atoms with Crippen LogP contribution in [0.15, 0.2) is 22.7 Å². The van der Waals surface area contributed by atoms with Gasteiger partial charge in [-0.2, -0.15) is 0 Å². The predicted octanol–water partition coefficient (Wildman–Crippen LogP) is 2.27. The van der Waals surface area contributed by atoms with Gasteiger partial charge < -0.3 is 10.6 Å². The number of nitrogens with two attached hydrogens (primary N) is 1. The van der Waals surface area contributed by atoms with E-state index in [-0.39, 0.29) is 5.91 Å². The third-order valence-electron chi connectivity index (χ3n) is 2.66. The number of rotatable bonds is 2. The third-order valence-corrected chi connectivity index (χ3v) is 3.15. The van der Waals surface area contributed by atoms with E-state index < -0.39 is 0 Å². The zero-order valence-corrected chi connectivity index (χ0v) is 10.1. The highest BCUT2D eigenvalue weighted by molar-refractivity contribution is 9.10. The number of halogens is 1. The van der Waals surface area contributed by atoms with Crippen molar-refractivity contribution in [2.75, 3.05) is 12.8 Å². The Kier molecular flexibility index (Phi) is 2.69. The van der Waals surface area contributed by atoms with Crippen LogP contribution in [0, 0.1) is 0 Å². The number of carbonyl (C=O) groups is 1. The molecule has 0 spiro atoms. The number of amides is 1. The third kappa shape index (κ3) is 2.15. The molecule has 1 fully saturated rings. The smallest absolute Gasteiger partial charge is 0.255 e. The molecule has 80 valence electrons. The molecule has 1 aromatic carbocycles. The lowest BCUT2D eigenvalue weighted by atomic mass is 10.1. The lowest BCUT2D eigenvalue weighted by molar-refractivity contribution is 0.0786. The van der Waals surface area contributed by atoms with Crippen LogP contribution in [-0.4, -0.2) is 23.9 Å². The van der Waals surface area contributed by atoms with Gasteiger partial charge in [-0.1, -0.05) is 15.9 Å². The monoisotopic (exact) mass is 268 g/mol. The molecular formula is C11H13BrN2O. The van der Waals surface area contributed by atoms with Crippen LogP contribution in [0.4, 0.5) is 5.69 Å². The molecule has 2 N–H and O–H groups in total. The van der Waals surface area contributed by atoms with Crippen molar-refractivity contribution in [3.05, 3.63) is 28.2 Å². The van der Waals surface area contributed by atoms with Gasteiger partial charge in [0.2, 0.25) is 0 Å². The minimum absolute atomic E-state index is 0.0162. The Balaban J connectivity index is 2.24. The van der Waals surface area contributed by atoms with E-state index in [4.69, 9.17) is 5.73 Å². The van der Waals surface area contributed by atoms with Crippen LogP contribution in [0.5, 0.6) is 0 Å². The van der Waals surface area contributed by atoms with Crippen molar-refractivity contribution in [3.8, 4) is 0 Å². The van der Waals surface area contributed by atoms with Gasteiger partial charge in [0, 0.05) is 23.2 Å². The van der Waals surface area contributed by atoms with Gasteiger partial charge in [-0.3, -0.25) is 4.79 Å². The molecule has 0 atom stereocenters. The summed E-state index contributed by atoms with van der Waals surface area (Å²) >= 11 is 3.32. The maximum absolute atomic E-state index is 12.0. The van der Waals surface area contributed by atoms with E-state index in [0.29, 0.717) is 17.3 Å². The van der Waals surface area contributed by atoms with E-state index in [0.717, 1.165) is 17.3 Å². The van der Waals surface area contributed by atoms with E-state index in [1.54, 1.807) is 17.0 Å². The second-order valence-electron chi connectivity index (χ2n) is 3.88. The van der Waals surface area contributed by atoms with Crippen LogP contribution < -0.4 is 5.73 Å². The van der Waals surface area contributed by atoms with Crippen molar-refractivity contribution in [2.24, 2.45) is 0 Å². The molecule has 0 saturated heterocycles. The normalized spacial score (nSPS) is 15.1. The van der Waals surface area contributed by atoms with Gasteiger partial charge in [0.05, 0.1) is 5.56 Å². The molecule has 3 nitrogen and oxygen atoms in total. The molecule has 0 radical (unpaired) electrons. The standard InChI is InChI=1S/C11H13BrN2O/c1-14(8-3-4-8)11(15)9-5-2-7(12)6-10(9)13/h2,5-6,8H,3-4,13H2,1H3. The van der Waals surface area contributed by atoms with Gasteiger partial charge in [0.15, 0.2) is 0 Å². The average Bonchev–Trinajstić information content (AvgIpc) is 2.99. The number of nitrogen functional groups attached to an aromatic ring is 1. The van der Waals surface area contributed by atoms with Crippen LogP contribution in [0.2, 0.25) is 0 Å². The Morgan fingerprint density at radius 1 is 1.53 bits per heavy atom. The van der Waals surface area contributed by atoms with E-state index in [9.17, 15) is 4.79 Å². The molecule has 1 aliphatic rings. The first kappa shape index (κ1) is 10.5. The molecule has 0 bridgehead atoms. The largest absolute Gasteiger partial charge is 0.398 e. The Morgan fingerprint density at radius 3 is 2.73 bits per heavy atom. The van der Waals surface area contributed by atoms with Gasteiger partial charge in [-0.05, 0) is 31.0 Å². The van der Waals surface area contributed by atoms with Crippen LogP contribution in [0.1, 0.15) is 23.2 Å². The van der Waals surface area contributed by atoms with Gasteiger partial charge in [0.25, 0.3) is 5.91 Å². The van der Waals surface area contributed by atoms with Gasteiger partial charge in [-0.25, -0.2) is 0 Å². The minimum atomic E-state index is 0.0162. The Hall–Kier alpha value is -1.03. The molecule has 4 heteroatoms. The number of anilines is 1. The zero-order chi connectivity index (χ0) is 11.0. The maximum atomic E-state index is 12.0. The van der Waals surface area contributed by atoms with E-state index in [1.165, 1.54) is 0 Å². The summed E-state index contributed by atoms with van der Waals surface area (Å²) in [5.41, 5.74) is 6.92. The maximum Gasteiger partial charge on any atom is 0.255 e. The van der Waals surface area contributed by atoms with Gasteiger partial charge >= 0.3 is 0 Å². The van der Waals surface area contributed by atoms with Crippen molar-refractivity contribution in [1.82, 2.24) is 4.90 Å². The van der Waals surface area contributed by atoms with Crippen LogP contribution in [0.3, 0.4) is 0 Å². The minimum Gasteiger partial charge on any atom is -0.398 e. The highest BCUT2D eigenvalue weighted by Gasteiger charge is 2.30. The fraction of sp³-hybridized carbons (Fsp3) is 0.364. The molecule has 2 rings (SSSR count). The topological polar surface area (TPSA) is 46.3 Å².